The zero-order valence-electron chi connectivity index (χ0n) is 20.1. The van der Waals surface area contributed by atoms with Gasteiger partial charge in [0.1, 0.15) is 5.82 Å². The summed E-state index contributed by atoms with van der Waals surface area (Å²) >= 11 is 1.08. The van der Waals surface area contributed by atoms with Gasteiger partial charge in [-0.15, -0.1) is 5.10 Å². The van der Waals surface area contributed by atoms with Crippen LogP contribution in [0, 0.1) is 12.7 Å². The van der Waals surface area contributed by atoms with Gasteiger partial charge in [0.25, 0.3) is 5.91 Å². The van der Waals surface area contributed by atoms with E-state index in [-0.39, 0.29) is 23.4 Å². The lowest BCUT2D eigenvalue weighted by molar-refractivity contribution is 0.0302. The third-order valence-corrected chi connectivity index (χ3v) is 7.64. The van der Waals surface area contributed by atoms with Crippen LogP contribution in [0.3, 0.4) is 0 Å². The van der Waals surface area contributed by atoms with Crippen LogP contribution in [0.25, 0.3) is 5.69 Å². The van der Waals surface area contributed by atoms with Crippen LogP contribution < -0.4 is 10.4 Å². The number of halogens is 1. The number of aryl methyl sites for hydroxylation is 2. The molecule has 0 radical (unpaired) electrons. The fourth-order valence-corrected chi connectivity index (χ4v) is 5.63. The van der Waals surface area contributed by atoms with E-state index in [2.05, 4.69) is 10.1 Å². The summed E-state index contributed by atoms with van der Waals surface area (Å²) in [4.78, 5) is 32.0. The smallest absolute Gasteiger partial charge is 0.351 e. The van der Waals surface area contributed by atoms with Crippen LogP contribution in [0.5, 0.6) is 10.8 Å². The number of carbonyl (C=O) groups is 1. The summed E-state index contributed by atoms with van der Waals surface area (Å²) in [5.74, 6) is -0.186. The maximum Gasteiger partial charge on any atom is 0.351 e. The molecule has 9 nitrogen and oxygen atoms in total. The molecule has 37 heavy (non-hydrogen) atoms. The predicted molar refractivity (Wildman–Crippen MR) is 134 cm³/mol. The molecule has 2 aromatic carbocycles. The molecule has 190 valence electrons. The molecule has 11 heteroatoms. The first-order valence-corrected chi connectivity index (χ1v) is 12.9. The number of aromatic nitrogens is 4. The molecule has 0 aliphatic carbocycles. The monoisotopic (exact) mass is 521 g/mol. The number of amides is 1. The minimum Gasteiger partial charge on any atom is -0.442 e. The Kier molecular flexibility index (Phi) is 6.09. The van der Waals surface area contributed by atoms with Gasteiger partial charge in [0.05, 0.1) is 30.6 Å². The van der Waals surface area contributed by atoms with E-state index in [0.717, 1.165) is 23.3 Å². The van der Waals surface area contributed by atoms with Crippen LogP contribution in [0.15, 0.2) is 53.3 Å². The van der Waals surface area contributed by atoms with Gasteiger partial charge in [-0.3, -0.25) is 9.36 Å². The Morgan fingerprint density at radius 3 is 2.70 bits per heavy atom. The van der Waals surface area contributed by atoms with Gasteiger partial charge in [0.2, 0.25) is 5.06 Å². The van der Waals surface area contributed by atoms with Gasteiger partial charge in [0.15, 0.2) is 16.6 Å². The summed E-state index contributed by atoms with van der Waals surface area (Å²) in [5.41, 5.74) is 1.55. The molecule has 1 fully saturated rings. The average molecular weight is 522 g/mol. The number of nitrogens with zero attached hydrogens (tertiary/aromatic N) is 5. The second-order valence-electron chi connectivity index (χ2n) is 8.96. The number of fused-ring (bicyclic) bond motifs is 1. The molecule has 0 saturated carbocycles. The van der Waals surface area contributed by atoms with Crippen molar-refractivity contribution in [3.63, 3.8) is 0 Å². The normalized spacial score (nSPS) is 17.1. The maximum atomic E-state index is 15.1. The fourth-order valence-electron chi connectivity index (χ4n) is 4.73. The largest absolute Gasteiger partial charge is 0.442 e. The zero-order valence-corrected chi connectivity index (χ0v) is 20.9. The minimum atomic E-state index is -0.647. The lowest BCUT2D eigenvalue weighted by Gasteiger charge is -2.25. The van der Waals surface area contributed by atoms with E-state index in [1.165, 1.54) is 16.8 Å². The molecular formula is C26H24FN5O4S. The Labute approximate surface area is 215 Å². The highest BCUT2D eigenvalue weighted by molar-refractivity contribution is 7.15. The van der Waals surface area contributed by atoms with Crippen LogP contribution in [0.2, 0.25) is 0 Å². The molecule has 0 unspecified atom stereocenters. The first-order chi connectivity index (χ1) is 18.0. The van der Waals surface area contributed by atoms with Gasteiger partial charge in [-0.1, -0.05) is 41.7 Å². The summed E-state index contributed by atoms with van der Waals surface area (Å²) in [6.45, 7) is 3.71. The number of hydrogen-bond donors (Lipinski definition) is 0. The third-order valence-electron chi connectivity index (χ3n) is 6.62. The van der Waals surface area contributed by atoms with Gasteiger partial charge in [-0.25, -0.2) is 14.2 Å². The number of hydrogen-bond acceptors (Lipinski definition) is 7. The Balaban J connectivity index is 1.24. The molecule has 4 aromatic rings. The Morgan fingerprint density at radius 2 is 1.95 bits per heavy atom. The molecule has 1 amide bonds. The van der Waals surface area contributed by atoms with Crippen molar-refractivity contribution < 1.29 is 18.7 Å². The molecule has 6 rings (SSSR count). The Hall–Kier alpha value is -3.83. The molecular weight excluding hydrogens is 497 g/mol. The standard InChI is InChI=1S/C26H24FN5O4S/c1-16-25(37-23(28-16)24(33)30-11-13-35-14-12-30)36-21-9-7-18(15-19(21)27)32-26(34)31-20(8-10-22(31)29-32)17-5-3-2-4-6-17/h2-7,9,15,20H,8,10-14H2,1H3/t20-/m0/s1. The van der Waals surface area contributed by atoms with E-state index in [1.54, 1.807) is 22.5 Å². The van der Waals surface area contributed by atoms with E-state index in [0.29, 0.717) is 60.0 Å². The highest BCUT2D eigenvalue weighted by atomic mass is 32.1. The van der Waals surface area contributed by atoms with Gasteiger partial charge in [-0.2, -0.15) is 4.68 Å². The van der Waals surface area contributed by atoms with Gasteiger partial charge in [0, 0.05) is 25.6 Å². The third kappa shape index (κ3) is 4.34. The molecule has 0 bridgehead atoms. The van der Waals surface area contributed by atoms with Crippen molar-refractivity contribution in [1.29, 1.82) is 0 Å². The Morgan fingerprint density at radius 1 is 1.16 bits per heavy atom. The summed E-state index contributed by atoms with van der Waals surface area (Å²) in [6, 6.07) is 14.0. The van der Waals surface area contributed by atoms with E-state index in [9.17, 15) is 9.59 Å². The van der Waals surface area contributed by atoms with Gasteiger partial charge in [-0.05, 0) is 31.0 Å². The van der Waals surface area contributed by atoms with Crippen LogP contribution in [0.4, 0.5) is 4.39 Å². The zero-order chi connectivity index (χ0) is 25.5. The summed E-state index contributed by atoms with van der Waals surface area (Å²) in [7, 11) is 0. The number of benzene rings is 2. The average Bonchev–Trinajstić information content (AvgIpc) is 3.60. The predicted octanol–water partition coefficient (Wildman–Crippen LogP) is 3.74. The highest BCUT2D eigenvalue weighted by Crippen LogP contribution is 2.34. The van der Waals surface area contributed by atoms with Crippen molar-refractivity contribution in [2.45, 2.75) is 25.8 Å². The molecule has 2 aromatic heterocycles. The van der Waals surface area contributed by atoms with Crippen LogP contribution in [-0.4, -0.2) is 56.4 Å². The van der Waals surface area contributed by atoms with E-state index in [4.69, 9.17) is 9.47 Å². The second kappa shape index (κ2) is 9.56. The van der Waals surface area contributed by atoms with Gasteiger partial charge < -0.3 is 14.4 Å². The molecule has 4 heterocycles. The van der Waals surface area contributed by atoms with Crippen molar-refractivity contribution in [3.05, 3.63) is 86.9 Å². The summed E-state index contributed by atoms with van der Waals surface area (Å²) in [6.07, 6.45) is 1.47. The second-order valence-corrected chi connectivity index (χ2v) is 9.92. The topological polar surface area (TPSA) is 91.5 Å². The molecule has 0 N–H and O–H groups in total. The van der Waals surface area contributed by atoms with Gasteiger partial charge >= 0.3 is 5.69 Å². The maximum absolute atomic E-state index is 15.1. The van der Waals surface area contributed by atoms with E-state index in [1.807, 2.05) is 30.3 Å². The SMILES string of the molecule is Cc1nc(C(=O)N2CCOCC2)sc1Oc1ccc(-n2nc3n(c2=O)[C@H](c2ccccc2)CC3)cc1F. The van der Waals surface area contributed by atoms with E-state index < -0.39 is 5.82 Å². The molecule has 2 aliphatic rings. The molecule has 1 atom stereocenters. The van der Waals surface area contributed by atoms with Crippen molar-refractivity contribution >= 4 is 17.2 Å². The molecule has 1 saturated heterocycles. The number of thiazole rings is 1. The van der Waals surface area contributed by atoms with Crippen molar-refractivity contribution in [2.75, 3.05) is 26.3 Å². The summed E-state index contributed by atoms with van der Waals surface area (Å²) < 4.78 is 29.1. The number of carbonyl (C=O) groups excluding carboxylic acids is 1. The molecule has 0 spiro atoms. The first-order valence-electron chi connectivity index (χ1n) is 12.1. The fraction of sp³-hybridized carbons (Fsp3) is 0.308. The van der Waals surface area contributed by atoms with Crippen LogP contribution in [-0.2, 0) is 11.2 Å². The first kappa shape index (κ1) is 23.6. The number of ether oxygens (including phenoxy) is 2. The van der Waals surface area contributed by atoms with Crippen molar-refractivity contribution in [1.82, 2.24) is 24.2 Å². The number of rotatable bonds is 5. The summed E-state index contributed by atoms with van der Waals surface area (Å²) in [5, 5.41) is 5.10. The lowest BCUT2D eigenvalue weighted by Crippen LogP contribution is -2.40. The highest BCUT2D eigenvalue weighted by Gasteiger charge is 2.29. The van der Waals surface area contributed by atoms with Crippen LogP contribution in [0.1, 0.15) is 39.3 Å². The van der Waals surface area contributed by atoms with Crippen molar-refractivity contribution in [3.8, 4) is 16.5 Å². The quantitative estimate of drug-likeness (QED) is 0.398. The molecule has 2 aliphatic heterocycles. The van der Waals surface area contributed by atoms with Crippen molar-refractivity contribution in [2.24, 2.45) is 0 Å². The number of morpholine rings is 1. The Bertz CT molecular complexity index is 1520. The minimum absolute atomic E-state index is 0.0252. The lowest BCUT2D eigenvalue weighted by atomic mass is 10.1. The van der Waals surface area contributed by atoms with E-state index >= 15 is 4.39 Å². The van der Waals surface area contributed by atoms with Crippen LogP contribution >= 0.6 is 11.3 Å².